The molecule has 0 unspecified atom stereocenters. The highest BCUT2D eigenvalue weighted by atomic mass is 17.2. The second kappa shape index (κ2) is 19.6. The van der Waals surface area contributed by atoms with Crippen LogP contribution in [-0.4, -0.2) is 36.5 Å². The molecule has 116 valence electrons. The molecule has 0 heterocycles. The standard InChI is InChI=1S/C10H10O3.2C2H6O.H3N/c1-12-13-10(11)8-7-9-5-3-2-4-6-9;2*1-2-3;/h2-8H,1H3;2*3H,2H2,1H3;1H3/b8-7+;;;. The SMILES string of the molecule is CCO.CCO.COOC(=O)/C=C/c1ccccc1.N. The maximum atomic E-state index is 10.8. The first-order chi connectivity index (χ1) is 9.15. The largest absolute Gasteiger partial charge is 0.397 e. The first kappa shape index (κ1) is 23.4. The molecule has 0 atom stereocenters. The molecule has 0 radical (unpaired) electrons. The normalized spacial score (nSPS) is 8.45. The second-order valence-corrected chi connectivity index (χ2v) is 2.95. The number of benzene rings is 1. The zero-order chi connectivity index (χ0) is 14.9. The van der Waals surface area contributed by atoms with Crippen molar-refractivity contribution in [1.29, 1.82) is 0 Å². The minimum Gasteiger partial charge on any atom is -0.397 e. The number of hydrogen-bond acceptors (Lipinski definition) is 6. The molecule has 1 aromatic carbocycles. The van der Waals surface area contributed by atoms with Crippen molar-refractivity contribution in [1.82, 2.24) is 6.15 Å². The summed E-state index contributed by atoms with van der Waals surface area (Å²) in [6, 6.07) is 9.46. The summed E-state index contributed by atoms with van der Waals surface area (Å²) in [4.78, 5) is 19.2. The van der Waals surface area contributed by atoms with E-state index in [1.54, 1.807) is 19.9 Å². The van der Waals surface area contributed by atoms with Crippen molar-refractivity contribution in [3.8, 4) is 0 Å². The summed E-state index contributed by atoms with van der Waals surface area (Å²) in [5, 5.41) is 15.1. The van der Waals surface area contributed by atoms with E-state index in [4.69, 9.17) is 10.2 Å². The third-order valence-corrected chi connectivity index (χ3v) is 1.38. The monoisotopic (exact) mass is 287 g/mol. The topological polar surface area (TPSA) is 111 Å². The van der Waals surface area contributed by atoms with Crippen LogP contribution in [0.4, 0.5) is 0 Å². The van der Waals surface area contributed by atoms with Crippen LogP contribution < -0.4 is 6.15 Å². The Morgan fingerprint density at radius 3 is 2.00 bits per heavy atom. The first-order valence-electron chi connectivity index (χ1n) is 5.85. The third-order valence-electron chi connectivity index (χ3n) is 1.38. The highest BCUT2D eigenvalue weighted by molar-refractivity contribution is 5.86. The Morgan fingerprint density at radius 2 is 1.60 bits per heavy atom. The summed E-state index contributed by atoms with van der Waals surface area (Å²) >= 11 is 0. The first-order valence-corrected chi connectivity index (χ1v) is 5.85. The Hall–Kier alpha value is -1.73. The van der Waals surface area contributed by atoms with Crippen molar-refractivity contribution in [2.45, 2.75) is 13.8 Å². The van der Waals surface area contributed by atoms with E-state index in [9.17, 15) is 4.79 Å². The van der Waals surface area contributed by atoms with Gasteiger partial charge in [0.05, 0.1) is 7.11 Å². The Morgan fingerprint density at radius 1 is 1.15 bits per heavy atom. The van der Waals surface area contributed by atoms with Crippen molar-refractivity contribution in [2.75, 3.05) is 20.3 Å². The van der Waals surface area contributed by atoms with Crippen molar-refractivity contribution < 1.29 is 24.8 Å². The van der Waals surface area contributed by atoms with Crippen LogP contribution in [0.3, 0.4) is 0 Å². The van der Waals surface area contributed by atoms with Gasteiger partial charge < -0.3 is 16.4 Å². The van der Waals surface area contributed by atoms with Crippen LogP contribution in [0.25, 0.3) is 6.08 Å². The molecule has 6 heteroatoms. The van der Waals surface area contributed by atoms with Gasteiger partial charge in [-0.1, -0.05) is 30.3 Å². The molecule has 0 aromatic heterocycles. The van der Waals surface area contributed by atoms with E-state index >= 15 is 0 Å². The van der Waals surface area contributed by atoms with E-state index < -0.39 is 5.97 Å². The molecule has 1 rings (SSSR count). The van der Waals surface area contributed by atoms with E-state index in [-0.39, 0.29) is 19.4 Å². The molecular weight excluding hydrogens is 262 g/mol. The van der Waals surface area contributed by atoms with Gasteiger partial charge in [-0.05, 0) is 25.5 Å². The number of aliphatic hydroxyl groups is 2. The summed E-state index contributed by atoms with van der Waals surface area (Å²) in [5.74, 6) is -0.522. The van der Waals surface area contributed by atoms with Gasteiger partial charge in [-0.25, -0.2) is 4.79 Å². The van der Waals surface area contributed by atoms with Gasteiger partial charge in [-0.3, -0.25) is 4.89 Å². The summed E-state index contributed by atoms with van der Waals surface area (Å²) < 4.78 is 0. The Labute approximate surface area is 120 Å². The van der Waals surface area contributed by atoms with Gasteiger partial charge in [0.15, 0.2) is 0 Å². The quantitative estimate of drug-likeness (QED) is 0.445. The lowest BCUT2D eigenvalue weighted by Gasteiger charge is -1.93. The van der Waals surface area contributed by atoms with Crippen molar-refractivity contribution in [2.24, 2.45) is 0 Å². The fraction of sp³-hybridized carbons (Fsp3) is 0.357. The van der Waals surface area contributed by atoms with Crippen molar-refractivity contribution >= 4 is 12.0 Å². The van der Waals surface area contributed by atoms with E-state index in [1.807, 2.05) is 30.3 Å². The molecule has 6 nitrogen and oxygen atoms in total. The average Bonchev–Trinajstić information content (AvgIpc) is 2.40. The third kappa shape index (κ3) is 18.6. The Kier molecular flexibility index (Phi) is 22.9. The maximum absolute atomic E-state index is 10.8. The van der Waals surface area contributed by atoms with Crippen LogP contribution in [0, 0.1) is 0 Å². The van der Waals surface area contributed by atoms with Crippen LogP contribution in [0.5, 0.6) is 0 Å². The summed E-state index contributed by atoms with van der Waals surface area (Å²) in [7, 11) is 1.29. The lowest BCUT2D eigenvalue weighted by Crippen LogP contribution is -1.97. The molecule has 0 aliphatic rings. The number of hydrogen-bond donors (Lipinski definition) is 3. The molecular formula is C14H25NO5. The molecule has 5 N–H and O–H groups in total. The fourth-order valence-electron chi connectivity index (χ4n) is 0.838. The number of carbonyl (C=O) groups excluding carboxylic acids is 1. The minimum atomic E-state index is -0.522. The van der Waals surface area contributed by atoms with Gasteiger partial charge in [-0.2, -0.15) is 4.89 Å². The lowest BCUT2D eigenvalue weighted by atomic mass is 10.2. The van der Waals surface area contributed by atoms with Crippen LogP contribution in [-0.2, 0) is 14.6 Å². The van der Waals surface area contributed by atoms with E-state index in [1.165, 1.54) is 13.2 Å². The predicted octanol–water partition coefficient (Wildman–Crippen LogP) is 1.96. The molecule has 0 bridgehead atoms. The lowest BCUT2D eigenvalue weighted by molar-refractivity contribution is -0.249. The van der Waals surface area contributed by atoms with E-state index in [2.05, 4.69) is 9.78 Å². The number of carbonyl (C=O) groups is 1. The molecule has 0 aliphatic heterocycles. The predicted molar refractivity (Wildman–Crippen MR) is 79.1 cm³/mol. The Bertz CT molecular complexity index is 326. The highest BCUT2D eigenvalue weighted by Crippen LogP contribution is 2.00. The van der Waals surface area contributed by atoms with Crippen molar-refractivity contribution in [3.63, 3.8) is 0 Å². The molecule has 0 saturated heterocycles. The molecule has 0 amide bonds. The van der Waals surface area contributed by atoms with Crippen LogP contribution in [0.2, 0.25) is 0 Å². The number of rotatable bonds is 3. The second-order valence-electron chi connectivity index (χ2n) is 2.95. The van der Waals surface area contributed by atoms with Crippen LogP contribution in [0.1, 0.15) is 19.4 Å². The molecule has 0 spiro atoms. The highest BCUT2D eigenvalue weighted by Gasteiger charge is 1.94. The summed E-state index contributed by atoms with van der Waals surface area (Å²) in [6.07, 6.45) is 2.96. The van der Waals surface area contributed by atoms with Gasteiger partial charge in [0, 0.05) is 19.3 Å². The van der Waals surface area contributed by atoms with E-state index in [0.29, 0.717) is 0 Å². The summed E-state index contributed by atoms with van der Waals surface area (Å²) in [5.41, 5.74) is 0.940. The van der Waals surface area contributed by atoms with E-state index in [0.717, 1.165) is 5.56 Å². The molecule has 20 heavy (non-hydrogen) atoms. The molecule has 1 aromatic rings. The van der Waals surface area contributed by atoms with Gasteiger partial charge in [-0.15, -0.1) is 0 Å². The smallest absolute Gasteiger partial charge is 0.365 e. The minimum absolute atomic E-state index is 0. The van der Waals surface area contributed by atoms with Gasteiger partial charge >= 0.3 is 5.97 Å². The van der Waals surface area contributed by atoms with Crippen LogP contribution in [0.15, 0.2) is 36.4 Å². The molecule has 0 aliphatic carbocycles. The fourth-order valence-corrected chi connectivity index (χ4v) is 0.838. The number of aliphatic hydroxyl groups excluding tert-OH is 2. The maximum Gasteiger partial charge on any atom is 0.365 e. The van der Waals surface area contributed by atoms with Crippen LogP contribution >= 0.6 is 0 Å². The zero-order valence-corrected chi connectivity index (χ0v) is 12.3. The van der Waals surface area contributed by atoms with Gasteiger partial charge in [0.2, 0.25) is 0 Å². The average molecular weight is 287 g/mol. The zero-order valence-electron chi connectivity index (χ0n) is 12.3. The molecule has 0 saturated carbocycles. The summed E-state index contributed by atoms with van der Waals surface area (Å²) in [6.45, 7) is 3.86. The van der Waals surface area contributed by atoms with Gasteiger partial charge in [0.1, 0.15) is 0 Å². The van der Waals surface area contributed by atoms with Gasteiger partial charge in [0.25, 0.3) is 0 Å². The molecule has 0 fully saturated rings. The Balaban J connectivity index is -0.000000356. The van der Waals surface area contributed by atoms with Crippen molar-refractivity contribution in [3.05, 3.63) is 42.0 Å².